The van der Waals surface area contributed by atoms with Gasteiger partial charge in [0.2, 0.25) is 0 Å². The van der Waals surface area contributed by atoms with Crippen molar-refractivity contribution in [2.45, 2.75) is 0 Å². The highest BCUT2D eigenvalue weighted by Gasteiger charge is 2.15. The molecule has 0 amide bonds. The summed E-state index contributed by atoms with van der Waals surface area (Å²) in [6.07, 6.45) is 1.41. The number of carboxylic acids is 1. The number of carboxylic acid groups (broad SMARTS) is 1. The molecule has 0 bridgehead atoms. The Morgan fingerprint density at radius 2 is 1.93 bits per heavy atom. The molecule has 0 fully saturated rings. The van der Waals surface area contributed by atoms with Crippen molar-refractivity contribution in [1.29, 1.82) is 0 Å². The molecule has 1 heterocycles. The van der Waals surface area contributed by atoms with Crippen molar-refractivity contribution in [2.24, 2.45) is 0 Å². The number of rotatable bonds is 9. The Morgan fingerprint density at radius 3 is 2.63 bits per heavy atom. The Bertz CT molecular complexity index is 1010. The van der Waals surface area contributed by atoms with Crippen LogP contribution in [-0.2, 0) is 0 Å². The average Bonchev–Trinajstić information content (AvgIpc) is 2.73. The first kappa shape index (κ1) is 21.7. The molecule has 0 aliphatic heterocycles. The van der Waals surface area contributed by atoms with Gasteiger partial charge in [0.15, 0.2) is 5.69 Å². The summed E-state index contributed by atoms with van der Waals surface area (Å²) in [7, 11) is 5.49. The molecule has 0 aliphatic rings. The number of aromatic nitrogens is 1. The van der Waals surface area contributed by atoms with Gasteiger partial charge in [-0.25, -0.2) is 9.78 Å². The van der Waals surface area contributed by atoms with E-state index in [4.69, 9.17) is 21.0 Å². The van der Waals surface area contributed by atoms with Gasteiger partial charge in [0.25, 0.3) is 0 Å². The summed E-state index contributed by atoms with van der Waals surface area (Å²) >= 11 is 6.03. The standard InChI is InChI=1S/C22H21BClN2O4/c1-26(2)12-13-29-17-9-10-19(18(14-17)15-5-7-16(24)8-6-15)23-30-20-4-3-11-25-21(20)22(27)28/h3-11,14H,12-13H2,1-2H3,(H,27,28). The van der Waals surface area contributed by atoms with E-state index in [1.165, 1.54) is 13.7 Å². The van der Waals surface area contributed by atoms with Gasteiger partial charge in [0.1, 0.15) is 18.1 Å². The third-order valence-corrected chi connectivity index (χ3v) is 4.53. The van der Waals surface area contributed by atoms with Gasteiger partial charge in [-0.2, -0.15) is 0 Å². The molecule has 1 radical (unpaired) electrons. The molecule has 0 spiro atoms. The minimum absolute atomic E-state index is 0.148. The molecular formula is C22H21BClN2O4. The lowest BCUT2D eigenvalue weighted by Gasteiger charge is -2.15. The number of nitrogens with zero attached hydrogens (tertiary/aromatic N) is 2. The van der Waals surface area contributed by atoms with E-state index in [2.05, 4.69) is 4.98 Å². The molecule has 0 saturated carbocycles. The predicted octanol–water partition coefficient (Wildman–Crippen LogP) is 3.36. The lowest BCUT2D eigenvalue weighted by atomic mass is 9.81. The van der Waals surface area contributed by atoms with Crippen LogP contribution in [-0.4, -0.2) is 55.7 Å². The van der Waals surface area contributed by atoms with Crippen LogP contribution in [0.15, 0.2) is 60.8 Å². The van der Waals surface area contributed by atoms with Crippen LogP contribution < -0.4 is 14.9 Å². The number of benzene rings is 2. The van der Waals surface area contributed by atoms with Crippen molar-refractivity contribution in [3.63, 3.8) is 0 Å². The molecule has 3 aromatic rings. The molecule has 2 aromatic carbocycles. The zero-order valence-corrected chi connectivity index (χ0v) is 17.5. The Hall–Kier alpha value is -3.03. The van der Waals surface area contributed by atoms with Crippen molar-refractivity contribution in [2.75, 3.05) is 27.2 Å². The fourth-order valence-electron chi connectivity index (χ4n) is 2.73. The SMILES string of the molecule is CN(C)CCOc1ccc([B]Oc2cccnc2C(=O)O)c(-c2ccc(Cl)cc2)c1. The zero-order valence-electron chi connectivity index (χ0n) is 16.7. The van der Waals surface area contributed by atoms with E-state index in [1.54, 1.807) is 12.1 Å². The molecule has 153 valence electrons. The summed E-state index contributed by atoms with van der Waals surface area (Å²) in [5.74, 6) is -0.258. The van der Waals surface area contributed by atoms with Gasteiger partial charge in [-0.15, -0.1) is 0 Å². The maximum atomic E-state index is 11.4. The fourth-order valence-corrected chi connectivity index (χ4v) is 2.85. The number of ether oxygens (including phenoxy) is 1. The first-order valence-electron chi connectivity index (χ1n) is 9.30. The maximum Gasteiger partial charge on any atom is 0.409 e. The normalized spacial score (nSPS) is 10.7. The van der Waals surface area contributed by atoms with Gasteiger partial charge in [-0.3, -0.25) is 0 Å². The van der Waals surface area contributed by atoms with E-state index < -0.39 is 5.97 Å². The Morgan fingerprint density at radius 1 is 1.17 bits per heavy atom. The van der Waals surface area contributed by atoms with E-state index in [9.17, 15) is 9.90 Å². The maximum absolute atomic E-state index is 11.4. The topological polar surface area (TPSA) is 71.9 Å². The number of aromatic carboxylic acids is 1. The summed E-state index contributed by atoms with van der Waals surface area (Å²) < 4.78 is 11.5. The van der Waals surface area contributed by atoms with Crippen LogP contribution in [0.2, 0.25) is 5.02 Å². The van der Waals surface area contributed by atoms with E-state index in [0.29, 0.717) is 11.6 Å². The number of hydrogen-bond donors (Lipinski definition) is 1. The van der Waals surface area contributed by atoms with Crippen LogP contribution in [0, 0.1) is 0 Å². The van der Waals surface area contributed by atoms with E-state index in [1.807, 2.05) is 61.5 Å². The zero-order chi connectivity index (χ0) is 21.5. The second-order valence-corrected chi connectivity index (χ2v) is 7.24. The summed E-state index contributed by atoms with van der Waals surface area (Å²) in [4.78, 5) is 17.3. The monoisotopic (exact) mass is 423 g/mol. The summed E-state index contributed by atoms with van der Waals surface area (Å²) in [5.41, 5.74) is 2.41. The van der Waals surface area contributed by atoms with Crippen LogP contribution in [0.5, 0.6) is 11.5 Å². The van der Waals surface area contributed by atoms with Crippen molar-refractivity contribution in [3.05, 3.63) is 71.5 Å². The molecule has 1 N–H and O–H groups in total. The predicted molar refractivity (Wildman–Crippen MR) is 118 cm³/mol. The van der Waals surface area contributed by atoms with Crippen molar-refractivity contribution in [1.82, 2.24) is 9.88 Å². The third-order valence-electron chi connectivity index (χ3n) is 4.27. The van der Waals surface area contributed by atoms with Gasteiger partial charge in [0.05, 0.1) is 0 Å². The first-order chi connectivity index (χ1) is 14.4. The largest absolute Gasteiger partial charge is 0.556 e. The van der Waals surface area contributed by atoms with Crippen molar-refractivity contribution < 1.29 is 19.3 Å². The van der Waals surface area contributed by atoms with Gasteiger partial charge >= 0.3 is 13.5 Å². The second-order valence-electron chi connectivity index (χ2n) is 6.80. The number of hydrogen-bond acceptors (Lipinski definition) is 5. The smallest absolute Gasteiger partial charge is 0.409 e. The molecule has 0 aliphatic carbocycles. The van der Waals surface area contributed by atoms with Crippen molar-refractivity contribution in [3.8, 4) is 22.6 Å². The lowest BCUT2D eigenvalue weighted by molar-refractivity contribution is 0.0688. The van der Waals surface area contributed by atoms with Gasteiger partial charge in [-0.05, 0) is 67.1 Å². The van der Waals surface area contributed by atoms with Crippen LogP contribution in [0.3, 0.4) is 0 Å². The summed E-state index contributed by atoms with van der Waals surface area (Å²) in [5, 5.41) is 9.93. The quantitative estimate of drug-likeness (QED) is 0.532. The Kier molecular flexibility index (Phi) is 7.33. The van der Waals surface area contributed by atoms with Gasteiger partial charge < -0.3 is 19.4 Å². The summed E-state index contributed by atoms with van der Waals surface area (Å²) in [6, 6.07) is 16.3. The highest BCUT2D eigenvalue weighted by Crippen LogP contribution is 2.24. The van der Waals surface area contributed by atoms with E-state index in [0.717, 1.165) is 28.9 Å². The fraction of sp³-hybridized carbons (Fsp3) is 0.182. The number of likely N-dealkylation sites (N-methyl/N-ethyl adjacent to an activating group) is 1. The van der Waals surface area contributed by atoms with Gasteiger partial charge in [0, 0.05) is 17.8 Å². The molecule has 8 heteroatoms. The molecule has 0 saturated heterocycles. The molecule has 3 rings (SSSR count). The minimum atomic E-state index is -1.15. The molecular weight excluding hydrogens is 403 g/mol. The van der Waals surface area contributed by atoms with E-state index >= 15 is 0 Å². The van der Waals surface area contributed by atoms with Gasteiger partial charge in [-0.1, -0.05) is 29.8 Å². The molecule has 0 unspecified atom stereocenters. The summed E-state index contributed by atoms with van der Waals surface area (Å²) in [6.45, 7) is 1.36. The molecule has 0 atom stereocenters. The highest BCUT2D eigenvalue weighted by molar-refractivity contribution is 6.50. The minimum Gasteiger partial charge on any atom is -0.556 e. The highest BCUT2D eigenvalue weighted by atomic mass is 35.5. The molecule has 6 nitrogen and oxygen atoms in total. The van der Waals surface area contributed by atoms with Crippen LogP contribution in [0.25, 0.3) is 11.1 Å². The van der Waals surface area contributed by atoms with E-state index in [-0.39, 0.29) is 11.4 Å². The van der Waals surface area contributed by atoms with Crippen LogP contribution in [0.1, 0.15) is 10.5 Å². The number of carbonyl (C=O) groups is 1. The lowest BCUT2D eigenvalue weighted by Crippen LogP contribution is -2.24. The van der Waals surface area contributed by atoms with Crippen molar-refractivity contribution >= 4 is 30.5 Å². The second kappa shape index (κ2) is 10.1. The number of pyridine rings is 1. The van der Waals surface area contributed by atoms with Crippen LogP contribution >= 0.6 is 11.6 Å². The molecule has 30 heavy (non-hydrogen) atoms. The Balaban J connectivity index is 1.87. The average molecular weight is 424 g/mol. The third kappa shape index (κ3) is 5.75. The molecule has 1 aromatic heterocycles. The van der Waals surface area contributed by atoms with Crippen LogP contribution in [0.4, 0.5) is 0 Å². The number of halogens is 1. The first-order valence-corrected chi connectivity index (χ1v) is 9.67. The Labute approximate surface area is 181 Å².